The maximum Gasteiger partial charge on any atom is 0.141 e. The molecule has 0 radical (unpaired) electrons. The summed E-state index contributed by atoms with van der Waals surface area (Å²) in [5, 5.41) is 7.38. The van der Waals surface area contributed by atoms with E-state index in [0.717, 1.165) is 26.9 Å². The van der Waals surface area contributed by atoms with E-state index in [-0.39, 0.29) is 5.84 Å². The van der Waals surface area contributed by atoms with Gasteiger partial charge < -0.3 is 10.5 Å². The smallest absolute Gasteiger partial charge is 0.141 e. The summed E-state index contributed by atoms with van der Waals surface area (Å²) in [6.45, 7) is 4.48. The van der Waals surface area contributed by atoms with Crippen LogP contribution in [-0.2, 0) is 6.61 Å². The number of nitrogens with one attached hydrogen (secondary N) is 1. The molecule has 0 fully saturated rings. The number of halogens is 1. The normalized spacial score (nSPS) is 10.3. The molecule has 4 nitrogen and oxygen atoms in total. The first-order chi connectivity index (χ1) is 9.47. The number of aryl methyl sites for hydroxylation is 2. The third-order valence-electron chi connectivity index (χ3n) is 2.92. The quantitative estimate of drug-likeness (QED) is 0.665. The fourth-order valence-electron chi connectivity index (χ4n) is 1.87. The van der Waals surface area contributed by atoms with E-state index in [1.54, 1.807) is 12.3 Å². The van der Waals surface area contributed by atoms with Gasteiger partial charge in [0.05, 0.1) is 0 Å². The van der Waals surface area contributed by atoms with Gasteiger partial charge in [-0.15, -0.1) is 0 Å². The van der Waals surface area contributed by atoms with Crippen molar-refractivity contribution < 1.29 is 4.74 Å². The van der Waals surface area contributed by atoms with Crippen molar-refractivity contribution in [2.75, 3.05) is 0 Å². The predicted molar refractivity (Wildman–Crippen MR) is 83.2 cm³/mol. The lowest BCUT2D eigenvalue weighted by atomic mass is 10.1. The number of rotatable bonds is 4. The van der Waals surface area contributed by atoms with Crippen LogP contribution in [-0.4, -0.2) is 10.8 Å². The number of nitrogens with two attached hydrogens (primary N) is 1. The highest BCUT2D eigenvalue weighted by Gasteiger charge is 2.05. The van der Waals surface area contributed by atoms with Crippen LogP contribution in [0.15, 0.2) is 34.9 Å². The van der Waals surface area contributed by atoms with Gasteiger partial charge in [0.25, 0.3) is 0 Å². The molecule has 0 amide bonds. The van der Waals surface area contributed by atoms with E-state index in [0.29, 0.717) is 12.3 Å². The Morgan fingerprint density at radius 3 is 2.55 bits per heavy atom. The number of hydrogen-bond acceptors (Lipinski definition) is 3. The molecule has 2 rings (SSSR count). The highest BCUT2D eigenvalue weighted by molar-refractivity contribution is 9.10. The van der Waals surface area contributed by atoms with E-state index in [1.807, 2.05) is 32.0 Å². The van der Waals surface area contributed by atoms with Crippen LogP contribution in [0.4, 0.5) is 0 Å². The zero-order valence-corrected chi connectivity index (χ0v) is 13.0. The van der Waals surface area contributed by atoms with Gasteiger partial charge in [0.1, 0.15) is 23.9 Å². The fraction of sp³-hybridized carbons (Fsp3) is 0.200. The maximum absolute atomic E-state index is 7.38. The van der Waals surface area contributed by atoms with Crippen LogP contribution in [0.5, 0.6) is 5.75 Å². The summed E-state index contributed by atoms with van der Waals surface area (Å²) in [5.41, 5.74) is 9.10. The van der Waals surface area contributed by atoms with Gasteiger partial charge in [0.15, 0.2) is 0 Å². The molecule has 2 aromatic rings. The highest BCUT2D eigenvalue weighted by atomic mass is 79.9. The number of nitrogen functional groups attached to an aromatic ring is 1. The summed E-state index contributed by atoms with van der Waals surface area (Å²) in [4.78, 5) is 4.02. The van der Waals surface area contributed by atoms with E-state index in [1.165, 1.54) is 0 Å². The van der Waals surface area contributed by atoms with Crippen molar-refractivity contribution >= 4 is 21.8 Å². The molecule has 0 aliphatic carbocycles. The van der Waals surface area contributed by atoms with Crippen molar-refractivity contribution in [3.8, 4) is 5.75 Å². The van der Waals surface area contributed by atoms with Gasteiger partial charge >= 0.3 is 0 Å². The molecule has 0 bridgehead atoms. The summed E-state index contributed by atoms with van der Waals surface area (Å²) in [6.07, 6.45) is 1.63. The minimum atomic E-state index is -0.0396. The van der Waals surface area contributed by atoms with Crippen molar-refractivity contribution in [1.29, 1.82) is 5.41 Å². The zero-order valence-electron chi connectivity index (χ0n) is 11.4. The second-order valence-corrected chi connectivity index (χ2v) is 5.42. The molecule has 0 spiro atoms. The first-order valence-corrected chi connectivity index (χ1v) is 6.95. The van der Waals surface area contributed by atoms with Crippen LogP contribution < -0.4 is 10.5 Å². The van der Waals surface area contributed by atoms with Crippen molar-refractivity contribution in [1.82, 2.24) is 4.98 Å². The van der Waals surface area contributed by atoms with E-state index >= 15 is 0 Å². The lowest BCUT2D eigenvalue weighted by Gasteiger charge is -2.10. The van der Waals surface area contributed by atoms with Crippen LogP contribution in [0.25, 0.3) is 0 Å². The standard InChI is InChI=1S/C15H16BrN3O/c1-9-5-12(6-10(2)14(9)16)20-8-11-3-4-19-13(7-11)15(17)18/h3-7H,8H2,1-2H3,(H3,17,18). The molecular formula is C15H16BrN3O. The lowest BCUT2D eigenvalue weighted by molar-refractivity contribution is 0.305. The molecule has 0 aliphatic heterocycles. The number of ether oxygens (including phenoxy) is 1. The Balaban J connectivity index is 2.13. The summed E-state index contributed by atoms with van der Waals surface area (Å²) in [6, 6.07) is 7.60. The van der Waals surface area contributed by atoms with Crippen LogP contribution in [0.3, 0.4) is 0 Å². The SMILES string of the molecule is Cc1cc(OCc2ccnc(C(=N)N)c2)cc(C)c1Br. The van der Waals surface area contributed by atoms with Crippen LogP contribution in [0.2, 0.25) is 0 Å². The van der Waals surface area contributed by atoms with Crippen LogP contribution >= 0.6 is 15.9 Å². The minimum absolute atomic E-state index is 0.0396. The van der Waals surface area contributed by atoms with Gasteiger partial charge in [-0.1, -0.05) is 15.9 Å². The molecule has 5 heteroatoms. The molecule has 3 N–H and O–H groups in total. The summed E-state index contributed by atoms with van der Waals surface area (Å²) < 4.78 is 6.89. The number of nitrogens with zero attached hydrogens (tertiary/aromatic N) is 1. The zero-order chi connectivity index (χ0) is 14.7. The van der Waals surface area contributed by atoms with Gasteiger partial charge in [-0.3, -0.25) is 10.4 Å². The minimum Gasteiger partial charge on any atom is -0.489 e. The second-order valence-electron chi connectivity index (χ2n) is 4.62. The predicted octanol–water partition coefficient (Wildman–Crippen LogP) is 3.32. The fourth-order valence-corrected chi connectivity index (χ4v) is 2.10. The number of hydrogen-bond donors (Lipinski definition) is 2. The number of amidine groups is 1. The average molecular weight is 334 g/mol. The molecule has 0 unspecified atom stereocenters. The average Bonchev–Trinajstić information content (AvgIpc) is 2.42. The van der Waals surface area contributed by atoms with E-state index in [9.17, 15) is 0 Å². The van der Waals surface area contributed by atoms with E-state index < -0.39 is 0 Å². The third-order valence-corrected chi connectivity index (χ3v) is 4.17. The third kappa shape index (κ3) is 3.36. The Bertz CT molecular complexity index is 632. The van der Waals surface area contributed by atoms with Crippen molar-refractivity contribution in [2.45, 2.75) is 20.5 Å². The van der Waals surface area contributed by atoms with Gasteiger partial charge in [0, 0.05) is 10.7 Å². The monoisotopic (exact) mass is 333 g/mol. The second kappa shape index (κ2) is 6.05. The topological polar surface area (TPSA) is 72.0 Å². The van der Waals surface area contributed by atoms with Gasteiger partial charge in [-0.2, -0.15) is 0 Å². The van der Waals surface area contributed by atoms with Gasteiger partial charge in [0.2, 0.25) is 0 Å². The maximum atomic E-state index is 7.38. The van der Waals surface area contributed by atoms with Crippen LogP contribution in [0, 0.1) is 19.3 Å². The Labute approximate surface area is 126 Å². The molecular weight excluding hydrogens is 318 g/mol. The highest BCUT2D eigenvalue weighted by Crippen LogP contribution is 2.26. The van der Waals surface area contributed by atoms with E-state index in [4.69, 9.17) is 15.9 Å². The Morgan fingerprint density at radius 1 is 1.30 bits per heavy atom. The van der Waals surface area contributed by atoms with Gasteiger partial charge in [-0.05, 0) is 54.8 Å². The first-order valence-electron chi connectivity index (χ1n) is 6.16. The largest absolute Gasteiger partial charge is 0.489 e. The Morgan fingerprint density at radius 2 is 1.95 bits per heavy atom. The molecule has 1 aromatic carbocycles. The molecule has 0 aliphatic rings. The Kier molecular flexibility index (Phi) is 4.39. The van der Waals surface area contributed by atoms with Crippen LogP contribution in [0.1, 0.15) is 22.4 Å². The first kappa shape index (κ1) is 14.5. The molecule has 1 aromatic heterocycles. The Hall–Kier alpha value is -1.88. The molecule has 104 valence electrons. The molecule has 0 saturated heterocycles. The van der Waals surface area contributed by atoms with Crippen molar-refractivity contribution in [2.24, 2.45) is 5.73 Å². The molecule has 20 heavy (non-hydrogen) atoms. The number of aromatic nitrogens is 1. The lowest BCUT2D eigenvalue weighted by Crippen LogP contribution is -2.13. The van der Waals surface area contributed by atoms with Gasteiger partial charge in [-0.25, -0.2) is 0 Å². The molecule has 1 heterocycles. The van der Waals surface area contributed by atoms with Crippen molar-refractivity contribution in [3.05, 3.63) is 57.3 Å². The van der Waals surface area contributed by atoms with E-state index in [2.05, 4.69) is 20.9 Å². The summed E-state index contributed by atoms with van der Waals surface area (Å²) >= 11 is 3.53. The number of pyridine rings is 1. The molecule has 0 saturated carbocycles. The summed E-state index contributed by atoms with van der Waals surface area (Å²) in [7, 11) is 0. The molecule has 0 atom stereocenters. The van der Waals surface area contributed by atoms with Crippen molar-refractivity contribution in [3.63, 3.8) is 0 Å². The number of benzene rings is 1. The summed E-state index contributed by atoms with van der Waals surface area (Å²) in [5.74, 6) is 0.784.